The Balaban J connectivity index is 2.17. The van der Waals surface area contributed by atoms with Crippen LogP contribution in [0.3, 0.4) is 0 Å². The second-order valence-electron chi connectivity index (χ2n) is 4.86. The third-order valence-electron chi connectivity index (χ3n) is 3.25. The van der Waals surface area contributed by atoms with E-state index < -0.39 is 23.7 Å². The molecule has 1 N–H and O–H groups in total. The lowest BCUT2D eigenvalue weighted by atomic mass is 10.1. The Morgan fingerprint density at radius 2 is 1.91 bits per heavy atom. The summed E-state index contributed by atoms with van der Waals surface area (Å²) >= 11 is 5.86. The average Bonchev–Trinajstić information content (AvgIpc) is 2.54. The molecule has 0 aliphatic carbocycles. The summed E-state index contributed by atoms with van der Waals surface area (Å²) in [5.41, 5.74) is 0.962. The molecule has 2 aromatic rings. The zero-order valence-electron chi connectivity index (χ0n) is 12.4. The molecule has 0 saturated carbocycles. The van der Waals surface area contributed by atoms with Crippen LogP contribution in [0.5, 0.6) is 0 Å². The number of benzene rings is 2. The van der Waals surface area contributed by atoms with Crippen molar-refractivity contribution in [3.8, 4) is 0 Å². The number of halogens is 2. The summed E-state index contributed by atoms with van der Waals surface area (Å²) in [6.07, 6.45) is 0.276. The van der Waals surface area contributed by atoms with E-state index in [1.165, 1.54) is 13.2 Å². The number of amides is 1. The lowest BCUT2D eigenvalue weighted by molar-refractivity contribution is -0.142. The molecule has 0 aliphatic rings. The molecule has 23 heavy (non-hydrogen) atoms. The van der Waals surface area contributed by atoms with Crippen molar-refractivity contribution in [2.75, 3.05) is 7.11 Å². The minimum atomic E-state index is -0.865. The number of carbonyl (C=O) groups excluding carboxylic acids is 2. The minimum Gasteiger partial charge on any atom is -0.467 e. The maximum Gasteiger partial charge on any atom is 0.328 e. The summed E-state index contributed by atoms with van der Waals surface area (Å²) in [6, 6.07) is 11.8. The van der Waals surface area contributed by atoms with Crippen molar-refractivity contribution in [1.82, 2.24) is 5.32 Å². The molecule has 4 nitrogen and oxygen atoms in total. The SMILES string of the molecule is COC(=O)C(Cc1ccccc1)NC(=O)c1ccc(F)cc1Cl. The van der Waals surface area contributed by atoms with E-state index in [9.17, 15) is 14.0 Å². The smallest absolute Gasteiger partial charge is 0.328 e. The molecule has 1 unspecified atom stereocenters. The molecule has 2 aromatic carbocycles. The lowest BCUT2D eigenvalue weighted by Crippen LogP contribution is -2.43. The summed E-state index contributed by atoms with van der Waals surface area (Å²) in [4.78, 5) is 24.2. The predicted molar refractivity (Wildman–Crippen MR) is 84.8 cm³/mol. The number of hydrogen-bond acceptors (Lipinski definition) is 3. The Bertz CT molecular complexity index is 706. The van der Waals surface area contributed by atoms with E-state index in [4.69, 9.17) is 16.3 Å². The van der Waals surface area contributed by atoms with Gasteiger partial charge in [0.25, 0.3) is 5.91 Å². The number of esters is 1. The van der Waals surface area contributed by atoms with E-state index in [0.29, 0.717) is 0 Å². The monoisotopic (exact) mass is 335 g/mol. The summed E-state index contributed by atoms with van der Waals surface area (Å²) < 4.78 is 17.8. The van der Waals surface area contributed by atoms with Gasteiger partial charge in [0.2, 0.25) is 0 Å². The highest BCUT2D eigenvalue weighted by Gasteiger charge is 2.23. The maximum atomic E-state index is 13.1. The Morgan fingerprint density at radius 1 is 1.22 bits per heavy atom. The molecule has 0 saturated heterocycles. The molecular formula is C17H15ClFNO3. The van der Waals surface area contributed by atoms with Gasteiger partial charge in [0, 0.05) is 6.42 Å². The molecule has 0 heterocycles. The van der Waals surface area contributed by atoms with E-state index in [1.54, 1.807) is 0 Å². The van der Waals surface area contributed by atoms with Crippen LogP contribution >= 0.6 is 11.6 Å². The molecule has 1 atom stereocenters. The topological polar surface area (TPSA) is 55.4 Å². The van der Waals surface area contributed by atoms with Crippen molar-refractivity contribution in [3.63, 3.8) is 0 Å². The zero-order chi connectivity index (χ0) is 16.8. The van der Waals surface area contributed by atoms with Gasteiger partial charge in [-0.1, -0.05) is 41.9 Å². The van der Waals surface area contributed by atoms with Gasteiger partial charge in [0.05, 0.1) is 17.7 Å². The van der Waals surface area contributed by atoms with Crippen molar-refractivity contribution in [3.05, 3.63) is 70.5 Å². The van der Waals surface area contributed by atoms with Gasteiger partial charge in [-0.2, -0.15) is 0 Å². The first-order valence-corrected chi connectivity index (χ1v) is 7.26. The molecule has 6 heteroatoms. The second kappa shape index (κ2) is 7.74. The van der Waals surface area contributed by atoms with Crippen LogP contribution in [-0.4, -0.2) is 25.0 Å². The molecular weight excluding hydrogens is 321 g/mol. The van der Waals surface area contributed by atoms with Crippen LogP contribution < -0.4 is 5.32 Å². The third-order valence-corrected chi connectivity index (χ3v) is 3.56. The first-order chi connectivity index (χ1) is 11.0. The number of methoxy groups -OCH3 is 1. The summed E-state index contributed by atoms with van der Waals surface area (Å²) in [5.74, 6) is -1.68. The Kier molecular flexibility index (Phi) is 5.71. The first kappa shape index (κ1) is 17.0. The standard InChI is InChI=1S/C17H15ClFNO3/c1-23-17(22)15(9-11-5-3-2-4-6-11)20-16(21)13-8-7-12(19)10-14(13)18/h2-8,10,15H,9H2,1H3,(H,20,21). The van der Waals surface area contributed by atoms with Crippen molar-refractivity contribution in [1.29, 1.82) is 0 Å². The fourth-order valence-electron chi connectivity index (χ4n) is 2.09. The third kappa shape index (κ3) is 4.53. The maximum absolute atomic E-state index is 13.1. The number of rotatable bonds is 5. The van der Waals surface area contributed by atoms with E-state index >= 15 is 0 Å². The molecule has 0 aliphatic heterocycles. The van der Waals surface area contributed by atoms with Crippen LogP contribution in [0.2, 0.25) is 5.02 Å². The van der Waals surface area contributed by atoms with Crippen molar-refractivity contribution >= 4 is 23.5 Å². The van der Waals surface area contributed by atoms with E-state index in [1.807, 2.05) is 30.3 Å². The highest BCUT2D eigenvalue weighted by atomic mass is 35.5. The van der Waals surface area contributed by atoms with Crippen LogP contribution in [0, 0.1) is 5.82 Å². The predicted octanol–water partition coefficient (Wildman–Crippen LogP) is 2.99. The van der Waals surface area contributed by atoms with Gasteiger partial charge >= 0.3 is 5.97 Å². The van der Waals surface area contributed by atoms with Crippen LogP contribution in [-0.2, 0) is 16.0 Å². The van der Waals surface area contributed by atoms with E-state index in [-0.39, 0.29) is 17.0 Å². The molecule has 0 spiro atoms. The quantitative estimate of drug-likeness (QED) is 0.855. The van der Waals surface area contributed by atoms with Gasteiger partial charge in [-0.25, -0.2) is 9.18 Å². The number of nitrogens with one attached hydrogen (secondary N) is 1. The number of carbonyl (C=O) groups is 2. The highest BCUT2D eigenvalue weighted by Crippen LogP contribution is 2.17. The number of ether oxygens (including phenoxy) is 1. The summed E-state index contributed by atoms with van der Waals surface area (Å²) in [7, 11) is 1.25. The van der Waals surface area contributed by atoms with Crippen LogP contribution in [0.4, 0.5) is 4.39 Å². The lowest BCUT2D eigenvalue weighted by Gasteiger charge is -2.17. The fraction of sp³-hybridized carbons (Fsp3) is 0.176. The summed E-state index contributed by atoms with van der Waals surface area (Å²) in [6.45, 7) is 0. The fourth-order valence-corrected chi connectivity index (χ4v) is 2.35. The molecule has 0 aromatic heterocycles. The van der Waals surface area contributed by atoms with Crippen LogP contribution in [0.25, 0.3) is 0 Å². The van der Waals surface area contributed by atoms with Gasteiger partial charge in [-0.3, -0.25) is 4.79 Å². The molecule has 120 valence electrons. The van der Waals surface area contributed by atoms with Crippen molar-refractivity contribution < 1.29 is 18.7 Å². The highest BCUT2D eigenvalue weighted by molar-refractivity contribution is 6.33. The Morgan fingerprint density at radius 3 is 2.52 bits per heavy atom. The molecule has 0 bridgehead atoms. The normalized spacial score (nSPS) is 11.6. The van der Waals surface area contributed by atoms with Crippen molar-refractivity contribution in [2.24, 2.45) is 0 Å². The second-order valence-corrected chi connectivity index (χ2v) is 5.27. The minimum absolute atomic E-state index is 0.0224. The molecule has 2 rings (SSSR count). The average molecular weight is 336 g/mol. The molecule has 0 radical (unpaired) electrons. The Labute approximate surface area is 138 Å². The van der Waals surface area contributed by atoms with Gasteiger partial charge < -0.3 is 10.1 Å². The largest absolute Gasteiger partial charge is 0.467 e. The van der Waals surface area contributed by atoms with Crippen molar-refractivity contribution in [2.45, 2.75) is 12.5 Å². The Hall–Kier alpha value is -2.40. The summed E-state index contributed by atoms with van der Waals surface area (Å²) in [5, 5.41) is 2.55. The van der Waals surface area contributed by atoms with Gasteiger partial charge in [0.1, 0.15) is 11.9 Å². The van der Waals surface area contributed by atoms with Gasteiger partial charge in [-0.15, -0.1) is 0 Å². The van der Waals surface area contributed by atoms with Gasteiger partial charge in [-0.05, 0) is 23.8 Å². The van der Waals surface area contributed by atoms with E-state index in [2.05, 4.69) is 5.32 Å². The molecule has 0 fully saturated rings. The number of hydrogen-bond donors (Lipinski definition) is 1. The zero-order valence-corrected chi connectivity index (χ0v) is 13.1. The van der Waals surface area contributed by atoms with Crippen LogP contribution in [0.1, 0.15) is 15.9 Å². The van der Waals surface area contributed by atoms with Crippen LogP contribution in [0.15, 0.2) is 48.5 Å². The first-order valence-electron chi connectivity index (χ1n) is 6.89. The van der Waals surface area contributed by atoms with E-state index in [0.717, 1.165) is 17.7 Å². The molecule has 1 amide bonds. The van der Waals surface area contributed by atoms with Gasteiger partial charge in [0.15, 0.2) is 0 Å².